The molecule has 16 N–H and O–H groups in total. The Kier molecular flexibility index (Phi) is 41.6. The number of methoxy groups -OCH3 is 1. The number of aliphatic hydroxyl groups excluding tert-OH is 1. The first-order chi connectivity index (χ1) is 65.8. The first kappa shape index (κ1) is 116. The fraction of sp³-hybridized carbons (Fsp3) is 0.356. The van der Waals surface area contributed by atoms with Gasteiger partial charge in [0.1, 0.15) is 69.4 Å². The van der Waals surface area contributed by atoms with Gasteiger partial charge in [-0.25, -0.2) is 66.3 Å². The number of pyridine rings is 4. The van der Waals surface area contributed by atoms with Crippen molar-refractivity contribution in [2.45, 2.75) is 141 Å². The van der Waals surface area contributed by atoms with Crippen molar-refractivity contribution in [3.8, 4) is 23.5 Å². The number of aliphatic hydroxyl groups is 5. The second-order valence-electron chi connectivity index (χ2n) is 32.9. The number of carbonyl (C=O) groups is 8. The number of halogens is 8. The van der Waals surface area contributed by atoms with Crippen molar-refractivity contribution in [2.75, 3.05) is 82.8 Å². The Balaban J connectivity index is 0.000000241. The van der Waals surface area contributed by atoms with Crippen molar-refractivity contribution in [3.63, 3.8) is 0 Å². The van der Waals surface area contributed by atoms with Crippen LogP contribution in [0.2, 0.25) is 15.5 Å². The van der Waals surface area contributed by atoms with Crippen LogP contribution in [0.3, 0.4) is 0 Å². The van der Waals surface area contributed by atoms with E-state index in [0.29, 0.717) is 65.6 Å². The van der Waals surface area contributed by atoms with Gasteiger partial charge < -0.3 is 122 Å². The van der Waals surface area contributed by atoms with Crippen LogP contribution in [0, 0.1) is 22.7 Å². The zero-order chi connectivity index (χ0) is 104. The number of nitriles is 2. The van der Waals surface area contributed by atoms with Crippen molar-refractivity contribution < 1.29 is 119 Å². The number of nitrogens with zero attached hydrogens (tertiary/aromatic N) is 14. The van der Waals surface area contributed by atoms with E-state index < -0.39 is 90.4 Å². The maximum atomic E-state index is 14.2. The van der Waals surface area contributed by atoms with Crippen LogP contribution in [0.5, 0.6) is 0 Å². The Morgan fingerprint density at radius 1 is 0.454 bits per heavy atom. The number of ether oxygens (including phenoxy) is 1. The van der Waals surface area contributed by atoms with E-state index in [0.717, 1.165) is 63.6 Å². The normalized spacial score (nSPS) is 13.2. The quantitative estimate of drug-likeness (QED) is 0.00676. The van der Waals surface area contributed by atoms with E-state index in [4.69, 9.17) is 59.7 Å². The summed E-state index contributed by atoms with van der Waals surface area (Å²) in [7, 11) is 6.26. The van der Waals surface area contributed by atoms with E-state index in [2.05, 4.69) is 119 Å². The topological polar surface area (TPSA) is 583 Å². The highest BCUT2D eigenvalue weighted by molar-refractivity contribution is 7.15. The molecular formula is C87H99BCl3F4IN25O16S4-. The molecule has 1 aliphatic heterocycles. The van der Waals surface area contributed by atoms with Gasteiger partial charge in [0.25, 0.3) is 41.4 Å². The summed E-state index contributed by atoms with van der Waals surface area (Å²) in [5, 5.41) is 109. The van der Waals surface area contributed by atoms with Crippen molar-refractivity contribution in [1.29, 1.82) is 10.5 Å². The zero-order valence-corrected chi connectivity index (χ0v) is 86.1. The number of fused-ring (bicyclic) bond motifs is 2. The van der Waals surface area contributed by atoms with E-state index in [1.807, 2.05) is 45.9 Å². The summed E-state index contributed by atoms with van der Waals surface area (Å²) in [6.45, 7) is 17.0. The first-order valence-electron chi connectivity index (χ1n) is 41.6. The molecule has 0 unspecified atom stereocenters. The summed E-state index contributed by atoms with van der Waals surface area (Å²) in [6.07, 6.45) is 1.39. The molecule has 7 amide bonds. The molecule has 1 aliphatic rings. The Morgan fingerprint density at radius 3 is 1.06 bits per heavy atom. The summed E-state index contributed by atoms with van der Waals surface area (Å²) in [6, 6.07) is 20.9. The number of thiazole rings is 4. The fourth-order valence-electron chi connectivity index (χ4n) is 11.3. The third-order valence-corrected chi connectivity index (χ3v) is 23.8. The van der Waals surface area contributed by atoms with Crippen molar-refractivity contribution in [2.24, 2.45) is 0 Å². The molecule has 0 aliphatic carbocycles. The molecule has 4 atom stereocenters. The highest BCUT2D eigenvalue weighted by atomic mass is 127. The number of nitrogens with one attached hydrogen (secondary N) is 11. The van der Waals surface area contributed by atoms with Crippen molar-refractivity contribution in [1.82, 2.24) is 96.3 Å². The highest BCUT2D eigenvalue weighted by Gasteiger charge is 2.53. The summed E-state index contributed by atoms with van der Waals surface area (Å²) < 4.78 is 75.8. The van der Waals surface area contributed by atoms with Crippen LogP contribution in [-0.4, -0.2) is 259 Å². The number of hydrogen-bond donors (Lipinski definition) is 16. The Hall–Kier alpha value is -12.5. The maximum Gasteiger partial charge on any atom is 0.514 e. The second kappa shape index (κ2) is 50.8. The van der Waals surface area contributed by atoms with E-state index in [9.17, 15) is 76.3 Å². The number of alkyl halides is 4. The largest absolute Gasteiger partial charge is 1.00 e. The Bertz CT molecular complexity index is 6180. The van der Waals surface area contributed by atoms with Crippen LogP contribution in [-0.2, 0) is 14.0 Å². The molecule has 0 aromatic carbocycles. The number of rotatable bonds is 30. The first-order valence-corrected chi connectivity index (χ1v) is 46.2. The lowest BCUT2D eigenvalue weighted by molar-refractivity contribution is -0.00209. The molecule has 12 aromatic heterocycles. The summed E-state index contributed by atoms with van der Waals surface area (Å²) in [4.78, 5) is 129. The molecule has 41 nitrogen and oxygen atoms in total. The van der Waals surface area contributed by atoms with E-state index in [1.54, 1.807) is 61.7 Å². The highest BCUT2D eigenvalue weighted by Crippen LogP contribution is 2.38. The van der Waals surface area contributed by atoms with Gasteiger partial charge in [-0.2, -0.15) is 20.7 Å². The number of esters is 1. The molecule has 13 heterocycles. The van der Waals surface area contributed by atoms with Gasteiger partial charge in [-0.3, -0.25) is 38.5 Å². The van der Waals surface area contributed by atoms with Gasteiger partial charge in [0.05, 0.1) is 163 Å². The van der Waals surface area contributed by atoms with Crippen LogP contribution < -0.4 is 88.1 Å². The van der Waals surface area contributed by atoms with Crippen LogP contribution in [0.15, 0.2) is 119 Å². The molecule has 0 spiro atoms. The lowest BCUT2D eigenvalue weighted by Crippen LogP contribution is -3.00. The zero-order valence-electron chi connectivity index (χ0n) is 78.4. The SMILES string of the molecule is CC1(C)OB(c2ccc3cc(C#N)cnn23)OC1(C)C.CNC(=O)c1csc(Nc2cc(-c3ccc4cc(C#N)cnn34)ncc2C(=O)NC[C@@H](F)C(C)(C)O)n1.CNC(=O)c1csc(Nc2cc(Cl)ncc2C(=O)NC[C@@H](F)C(C)(C)O)n1.CNC(=O)c1csc(Nc2cc(Cl)ncc2C(=O)NC[C@@H](F)C(C)(C)O)n1.CO.COC(=O)c1csc(Nc2cc(Cl)ncc2C(=O)NC[C@@H](F)C(C)(C)O)n1.[I-]. The molecule has 0 saturated carbocycles. The van der Waals surface area contributed by atoms with Crippen LogP contribution in [0.1, 0.15) is 178 Å². The third-order valence-electron chi connectivity index (χ3n) is 20.1. The molecule has 12 aromatic rings. The predicted molar refractivity (Wildman–Crippen MR) is 522 cm³/mol. The molecular weight excluding hydrogens is 2100 g/mol. The third kappa shape index (κ3) is 32.0. The van der Waals surface area contributed by atoms with Gasteiger partial charge in [-0.05, 0) is 144 Å². The summed E-state index contributed by atoms with van der Waals surface area (Å²) in [5.41, 5.74) is -0.392. The molecule has 13 rings (SSSR count). The smallest absolute Gasteiger partial charge is 0.514 e. The Labute approximate surface area is 853 Å². The monoisotopic (exact) mass is 2200 g/mol. The van der Waals surface area contributed by atoms with E-state index >= 15 is 0 Å². The van der Waals surface area contributed by atoms with Crippen LogP contribution in [0.25, 0.3) is 22.4 Å². The number of amides is 7. The molecule has 752 valence electrons. The van der Waals surface area contributed by atoms with E-state index in [-0.39, 0.29) is 139 Å². The number of aromatic nitrogens is 12. The van der Waals surface area contributed by atoms with Crippen LogP contribution >= 0.6 is 80.1 Å². The van der Waals surface area contributed by atoms with Crippen molar-refractivity contribution in [3.05, 3.63) is 191 Å². The molecule has 0 bridgehead atoms. The fourth-order valence-corrected chi connectivity index (χ4v) is 14.6. The predicted octanol–water partition coefficient (Wildman–Crippen LogP) is 7.61. The second-order valence-corrected chi connectivity index (χ2v) is 37.5. The summed E-state index contributed by atoms with van der Waals surface area (Å²) >= 11 is 22.3. The minimum absolute atomic E-state index is 0. The molecule has 54 heteroatoms. The molecule has 0 radical (unpaired) electrons. The number of carbonyl (C=O) groups excluding carboxylic acids is 8. The van der Waals surface area contributed by atoms with Gasteiger partial charge in [-0.1, -0.05) is 34.8 Å². The van der Waals surface area contributed by atoms with Gasteiger partial charge in [0.2, 0.25) is 0 Å². The van der Waals surface area contributed by atoms with Gasteiger partial charge in [-0.15, -0.1) is 45.3 Å². The minimum atomic E-state index is -1.69. The number of anilines is 8. The average Bonchev–Trinajstić information content (AvgIpc) is 1.61. The van der Waals surface area contributed by atoms with Gasteiger partial charge in [0, 0.05) is 74.6 Å². The van der Waals surface area contributed by atoms with Crippen molar-refractivity contribution >= 4 is 194 Å². The molecule has 1 saturated heterocycles. The van der Waals surface area contributed by atoms with Crippen LogP contribution in [0.4, 0.5) is 60.8 Å². The Morgan fingerprint density at radius 2 is 0.745 bits per heavy atom. The molecule has 141 heavy (non-hydrogen) atoms. The lowest BCUT2D eigenvalue weighted by Gasteiger charge is -2.32. The summed E-state index contributed by atoms with van der Waals surface area (Å²) in [5.74, 6) is -4.07. The van der Waals surface area contributed by atoms with Gasteiger partial charge in [0.15, 0.2) is 26.2 Å². The maximum absolute atomic E-state index is 14.2. The number of hydrogen-bond acceptors (Lipinski definition) is 36. The average molecular weight is 2200 g/mol. The molecule has 1 fully saturated rings. The standard InChI is InChI=1S/C24H23FN8O3S.2C16H19ClFN5O3S.C16H18ClFN4O4S.C14H16BN3O2.CH4O.HI/c1-24(2,36)20(25)11-29-21(34)15-10-28-17(19-5-4-14-6-13(8-26)9-30-33(14)19)7-16(15)31-23-32-18(12-37-23)22(35)27-3;2*1-16(2,26)11(18)6-21-13(24)8-5-20-12(17)4-9(8)22-15-23-10(7-27-15)14(25)19-3;1-16(2,25)11(18)6-20-13(23)8-5-19-12(17)4-9(8)21-15-22-10(7-27-15)14(24)26-3;1-13(2)14(3,4)20-15(19-13)12-6-5-11-7-10(8-16)9-17-18(11)12;1-2;/h4-7,9-10,12,20,36H,11H2,1-3H3,(H,27,35)(H,29,34)(H,28,31,32);2*4-5,7,11,26H,6H2,1-3H3,(H,19,25)(H,21,24)(H,20,22,23);4-5,7,11,25H,6H2,1-3H3,(H,20,23)(H,19,21,22);5-7,9H,1-4H3;2H,1H3;1H/p-1/t20-;3*11-;;;/m1111.../s1. The minimum Gasteiger partial charge on any atom is -1.00 e. The lowest BCUT2D eigenvalue weighted by atomic mass is 9.85. The van der Waals surface area contributed by atoms with Gasteiger partial charge >= 0.3 is 13.1 Å². The van der Waals surface area contributed by atoms with E-state index in [1.165, 1.54) is 138 Å².